The number of hydrogen-bond acceptors (Lipinski definition) is 5. The molecule has 0 aliphatic carbocycles. The molecule has 1 heterocycles. The van der Waals surface area contributed by atoms with Gasteiger partial charge in [0.05, 0.1) is 18.7 Å². The highest BCUT2D eigenvalue weighted by atomic mass is 16.6. The van der Waals surface area contributed by atoms with Crippen molar-refractivity contribution in [1.82, 2.24) is 4.90 Å². The summed E-state index contributed by atoms with van der Waals surface area (Å²) < 4.78 is 17.2. The van der Waals surface area contributed by atoms with E-state index in [9.17, 15) is 14.7 Å². The number of benzene rings is 3. The molecule has 3 aromatic carbocycles. The van der Waals surface area contributed by atoms with Crippen LogP contribution in [0.15, 0.2) is 72.8 Å². The molecule has 0 aromatic heterocycles. The van der Waals surface area contributed by atoms with Crippen LogP contribution in [0.2, 0.25) is 0 Å². The maximum absolute atomic E-state index is 12.1. The number of hydrogen-bond donors (Lipinski definition) is 1. The van der Waals surface area contributed by atoms with Crippen LogP contribution in [-0.2, 0) is 11.3 Å². The summed E-state index contributed by atoms with van der Waals surface area (Å²) in [6, 6.07) is 22.3. The minimum atomic E-state index is -1.04. The molecule has 0 radical (unpaired) electrons. The fraction of sp³-hybridized carbons (Fsp3) is 0.286. The van der Waals surface area contributed by atoms with Gasteiger partial charge in [0.1, 0.15) is 29.8 Å². The van der Waals surface area contributed by atoms with E-state index in [0.717, 1.165) is 22.4 Å². The molecule has 0 saturated carbocycles. The fourth-order valence-corrected chi connectivity index (χ4v) is 3.62. The van der Waals surface area contributed by atoms with Crippen molar-refractivity contribution in [2.75, 3.05) is 13.1 Å². The Kier molecular flexibility index (Phi) is 6.96. The zero-order valence-corrected chi connectivity index (χ0v) is 20.1. The topological polar surface area (TPSA) is 85.3 Å². The van der Waals surface area contributed by atoms with Crippen molar-refractivity contribution in [3.05, 3.63) is 83.9 Å². The van der Waals surface area contributed by atoms with Crippen LogP contribution < -0.4 is 9.47 Å². The summed E-state index contributed by atoms with van der Waals surface area (Å²) in [6.45, 7) is 6.69. The van der Waals surface area contributed by atoms with Crippen molar-refractivity contribution >= 4 is 12.1 Å². The first-order valence-electron chi connectivity index (χ1n) is 11.5. The molecule has 1 aliphatic heterocycles. The Morgan fingerprint density at radius 1 is 0.914 bits per heavy atom. The van der Waals surface area contributed by atoms with E-state index in [-0.39, 0.29) is 17.8 Å². The Hall–Kier alpha value is -4.00. The third kappa shape index (κ3) is 6.53. The second-order valence-corrected chi connectivity index (χ2v) is 9.48. The lowest BCUT2D eigenvalue weighted by molar-refractivity contribution is -0.0221. The highest BCUT2D eigenvalue weighted by Crippen LogP contribution is 2.30. The standard InChI is InChI=1S/C28H29NO6/c1-28(2,3)35-27(32)29-16-25(17-29)34-24-14-21(13-22(15-24)26(30)31)20-9-11-23(12-10-20)33-18-19-7-5-4-6-8-19/h4-15,25H,16-18H2,1-3H3,(H,30,31). The molecule has 0 unspecified atom stereocenters. The van der Waals surface area contributed by atoms with Gasteiger partial charge in [-0.25, -0.2) is 9.59 Å². The maximum Gasteiger partial charge on any atom is 0.410 e. The third-order valence-electron chi connectivity index (χ3n) is 5.39. The molecule has 3 aromatic rings. The van der Waals surface area contributed by atoms with Gasteiger partial charge in [0.2, 0.25) is 0 Å². The molecule has 1 fully saturated rings. The molecule has 35 heavy (non-hydrogen) atoms. The molecule has 4 rings (SSSR count). The Bertz CT molecular complexity index is 1180. The molecule has 7 nitrogen and oxygen atoms in total. The summed E-state index contributed by atoms with van der Waals surface area (Å²) in [5.74, 6) is 0.127. The molecule has 0 atom stereocenters. The first-order chi connectivity index (χ1) is 16.7. The van der Waals surface area contributed by atoms with E-state index in [1.165, 1.54) is 6.07 Å². The summed E-state index contributed by atoms with van der Waals surface area (Å²) in [5.41, 5.74) is 2.21. The Labute approximate surface area is 204 Å². The summed E-state index contributed by atoms with van der Waals surface area (Å²) in [7, 11) is 0. The van der Waals surface area contributed by atoms with E-state index < -0.39 is 11.6 Å². The van der Waals surface area contributed by atoms with Crippen LogP contribution in [0, 0.1) is 0 Å². The Balaban J connectivity index is 1.42. The number of rotatable bonds is 7. The van der Waals surface area contributed by atoms with E-state index in [2.05, 4.69) is 0 Å². The van der Waals surface area contributed by atoms with Crippen LogP contribution in [-0.4, -0.2) is 46.9 Å². The summed E-state index contributed by atoms with van der Waals surface area (Å²) in [4.78, 5) is 25.4. The van der Waals surface area contributed by atoms with Crippen LogP contribution in [0.3, 0.4) is 0 Å². The van der Waals surface area contributed by atoms with E-state index in [0.29, 0.717) is 25.4 Å². The molecule has 0 bridgehead atoms. The molecule has 1 saturated heterocycles. The van der Waals surface area contributed by atoms with Gasteiger partial charge < -0.3 is 24.2 Å². The number of carboxylic acid groups (broad SMARTS) is 1. The van der Waals surface area contributed by atoms with Crippen LogP contribution in [0.25, 0.3) is 11.1 Å². The van der Waals surface area contributed by atoms with E-state index in [1.807, 2.05) is 81.4 Å². The molecule has 0 spiro atoms. The van der Waals surface area contributed by atoms with Gasteiger partial charge in [0.25, 0.3) is 0 Å². The quantitative estimate of drug-likeness (QED) is 0.477. The van der Waals surface area contributed by atoms with Crippen molar-refractivity contribution in [1.29, 1.82) is 0 Å². The average Bonchev–Trinajstić information content (AvgIpc) is 2.79. The summed E-state index contributed by atoms with van der Waals surface area (Å²) in [5, 5.41) is 9.59. The summed E-state index contributed by atoms with van der Waals surface area (Å²) in [6.07, 6.45) is -0.611. The average molecular weight is 476 g/mol. The Morgan fingerprint density at radius 3 is 2.23 bits per heavy atom. The first-order valence-corrected chi connectivity index (χ1v) is 11.5. The molecule has 7 heteroatoms. The van der Waals surface area contributed by atoms with Crippen LogP contribution in [0.5, 0.6) is 11.5 Å². The van der Waals surface area contributed by atoms with Gasteiger partial charge in [-0.3, -0.25) is 0 Å². The largest absolute Gasteiger partial charge is 0.489 e. The zero-order chi connectivity index (χ0) is 25.0. The first kappa shape index (κ1) is 24.1. The van der Waals surface area contributed by atoms with Gasteiger partial charge in [-0.15, -0.1) is 0 Å². The van der Waals surface area contributed by atoms with Crippen LogP contribution >= 0.6 is 0 Å². The second kappa shape index (κ2) is 10.1. The van der Waals surface area contributed by atoms with Gasteiger partial charge in [-0.1, -0.05) is 42.5 Å². The second-order valence-electron chi connectivity index (χ2n) is 9.48. The number of carboxylic acids is 1. The van der Waals surface area contributed by atoms with Crippen molar-refractivity contribution < 1.29 is 28.9 Å². The Morgan fingerprint density at radius 2 is 1.60 bits per heavy atom. The molecule has 1 N–H and O–H groups in total. The zero-order valence-electron chi connectivity index (χ0n) is 20.1. The van der Waals surface area contributed by atoms with Gasteiger partial charge in [-0.05, 0) is 67.8 Å². The third-order valence-corrected chi connectivity index (χ3v) is 5.39. The molecule has 182 valence electrons. The predicted molar refractivity (Wildman–Crippen MR) is 132 cm³/mol. The van der Waals surface area contributed by atoms with Crippen molar-refractivity contribution in [3.63, 3.8) is 0 Å². The van der Waals surface area contributed by atoms with E-state index in [4.69, 9.17) is 14.2 Å². The molecule has 1 amide bonds. The van der Waals surface area contributed by atoms with Crippen molar-refractivity contribution in [2.24, 2.45) is 0 Å². The van der Waals surface area contributed by atoms with E-state index >= 15 is 0 Å². The monoisotopic (exact) mass is 475 g/mol. The number of carbonyl (C=O) groups is 2. The summed E-state index contributed by atoms with van der Waals surface area (Å²) >= 11 is 0. The van der Waals surface area contributed by atoms with Gasteiger partial charge >= 0.3 is 12.1 Å². The fourth-order valence-electron chi connectivity index (χ4n) is 3.62. The van der Waals surface area contributed by atoms with Gasteiger partial charge in [0, 0.05) is 0 Å². The highest BCUT2D eigenvalue weighted by molar-refractivity contribution is 5.90. The van der Waals surface area contributed by atoms with Crippen molar-refractivity contribution in [2.45, 2.75) is 39.1 Å². The maximum atomic E-state index is 12.1. The minimum absolute atomic E-state index is 0.130. The number of aromatic carboxylic acids is 1. The number of amides is 1. The number of likely N-dealkylation sites (tertiary alicyclic amines) is 1. The van der Waals surface area contributed by atoms with Gasteiger partial charge in [-0.2, -0.15) is 0 Å². The lowest BCUT2D eigenvalue weighted by atomic mass is 10.0. The van der Waals surface area contributed by atoms with Crippen molar-refractivity contribution in [3.8, 4) is 22.6 Å². The normalized spacial score (nSPS) is 13.6. The molecular weight excluding hydrogens is 446 g/mol. The smallest absolute Gasteiger partial charge is 0.410 e. The lowest BCUT2D eigenvalue weighted by Crippen LogP contribution is -2.57. The lowest BCUT2D eigenvalue weighted by Gasteiger charge is -2.39. The number of ether oxygens (including phenoxy) is 3. The van der Waals surface area contributed by atoms with E-state index in [1.54, 1.807) is 11.0 Å². The van der Waals surface area contributed by atoms with Crippen LogP contribution in [0.1, 0.15) is 36.7 Å². The van der Waals surface area contributed by atoms with Gasteiger partial charge in [0.15, 0.2) is 0 Å². The number of carbonyl (C=O) groups excluding carboxylic acids is 1. The molecule has 1 aliphatic rings. The number of nitrogens with zero attached hydrogens (tertiary/aromatic N) is 1. The SMILES string of the molecule is CC(C)(C)OC(=O)N1CC(Oc2cc(C(=O)O)cc(-c3ccc(OCc4ccccc4)cc3)c2)C1. The minimum Gasteiger partial charge on any atom is -0.489 e. The van der Waals surface area contributed by atoms with Crippen LogP contribution in [0.4, 0.5) is 4.79 Å². The highest BCUT2D eigenvalue weighted by Gasteiger charge is 2.35. The predicted octanol–water partition coefficient (Wildman–Crippen LogP) is 5.63. The molecular formula is C28H29NO6.